The highest BCUT2D eigenvalue weighted by atomic mass is 127. The number of ether oxygens (including phenoxy) is 1. The van der Waals surface area contributed by atoms with Crippen LogP contribution in [0.2, 0.25) is 0 Å². The Balaban J connectivity index is 2.41. The summed E-state index contributed by atoms with van der Waals surface area (Å²) in [7, 11) is 0. The van der Waals surface area contributed by atoms with Crippen LogP contribution >= 0.6 is 67.8 Å². The van der Waals surface area contributed by atoms with Crippen molar-refractivity contribution in [3.8, 4) is 11.8 Å². The zero-order valence-electron chi connectivity index (χ0n) is 12.6. The van der Waals surface area contributed by atoms with E-state index in [4.69, 9.17) is 4.74 Å². The molecule has 23 heavy (non-hydrogen) atoms. The maximum atomic E-state index is 9.47. The molecule has 2 nitrogen and oxygen atoms in total. The predicted octanol–water partition coefficient (Wildman–Crippen LogP) is 6.35. The summed E-state index contributed by atoms with van der Waals surface area (Å²) < 4.78 is 9.11. The van der Waals surface area contributed by atoms with Crippen LogP contribution in [-0.2, 0) is 0 Å². The van der Waals surface area contributed by atoms with Crippen LogP contribution in [0.1, 0.15) is 25.0 Å². The molecule has 5 heteroatoms. The third-order valence-corrected chi connectivity index (χ3v) is 5.28. The summed E-state index contributed by atoms with van der Waals surface area (Å²) in [6, 6.07) is 14.4. The number of rotatable bonds is 4. The van der Waals surface area contributed by atoms with Gasteiger partial charge in [-0.05, 0) is 123 Å². The zero-order valence-corrected chi connectivity index (χ0v) is 19.1. The van der Waals surface area contributed by atoms with Gasteiger partial charge in [-0.25, -0.2) is 0 Å². The number of allylic oxidation sites excluding steroid dienone is 1. The molecule has 2 aromatic rings. The first kappa shape index (κ1) is 19.0. The maximum absolute atomic E-state index is 9.47. The number of nitriles is 1. The first-order valence-electron chi connectivity index (χ1n) is 6.94. The molecule has 0 aromatic heterocycles. The molecule has 0 atom stereocenters. The molecular formula is C18H14I3NO. The summed E-state index contributed by atoms with van der Waals surface area (Å²) >= 11 is 6.82. The van der Waals surface area contributed by atoms with E-state index >= 15 is 0 Å². The normalized spacial score (nSPS) is 11.4. The lowest BCUT2D eigenvalue weighted by Crippen LogP contribution is -2.08. The molecule has 0 N–H and O–H groups in total. The number of hydrogen-bond acceptors (Lipinski definition) is 2. The summed E-state index contributed by atoms with van der Waals surface area (Å²) in [5, 5.41) is 9.47. The molecule has 2 rings (SSSR count). The van der Waals surface area contributed by atoms with E-state index in [0.717, 1.165) is 27.6 Å². The van der Waals surface area contributed by atoms with Gasteiger partial charge in [0.1, 0.15) is 5.75 Å². The van der Waals surface area contributed by atoms with Crippen molar-refractivity contribution in [1.82, 2.24) is 0 Å². The van der Waals surface area contributed by atoms with Crippen molar-refractivity contribution < 1.29 is 4.74 Å². The van der Waals surface area contributed by atoms with Crippen molar-refractivity contribution >= 4 is 79.4 Å². The van der Waals surface area contributed by atoms with Gasteiger partial charge < -0.3 is 4.74 Å². The van der Waals surface area contributed by atoms with Gasteiger partial charge in [0.05, 0.1) is 24.9 Å². The SMILES string of the molecule is CC(C)Oc1c(I)cc(/C=C(/C#N)c2ccc(I)cc2)cc1I. The highest BCUT2D eigenvalue weighted by Crippen LogP contribution is 2.31. The Kier molecular flexibility index (Phi) is 7.16. The Bertz CT molecular complexity index is 751. The van der Waals surface area contributed by atoms with Crippen LogP contribution in [0.15, 0.2) is 36.4 Å². The van der Waals surface area contributed by atoms with Gasteiger partial charge in [0.15, 0.2) is 0 Å². The average Bonchev–Trinajstić information content (AvgIpc) is 2.49. The Morgan fingerprint density at radius 3 is 2.13 bits per heavy atom. The standard InChI is InChI=1S/C18H14I3NO/c1-11(2)23-18-16(20)8-12(9-17(18)21)7-14(10-22)13-3-5-15(19)6-4-13/h3-9,11H,1-2H3/b14-7-. The Hall–Kier alpha value is -0.340. The number of halogens is 3. The van der Waals surface area contributed by atoms with Crippen molar-refractivity contribution in [1.29, 1.82) is 5.26 Å². The van der Waals surface area contributed by atoms with Gasteiger partial charge >= 0.3 is 0 Å². The van der Waals surface area contributed by atoms with E-state index in [2.05, 4.69) is 73.8 Å². The molecule has 0 radical (unpaired) electrons. The van der Waals surface area contributed by atoms with Gasteiger partial charge in [-0.15, -0.1) is 0 Å². The van der Waals surface area contributed by atoms with Gasteiger partial charge in [0.2, 0.25) is 0 Å². The Labute approximate surface area is 177 Å². The van der Waals surface area contributed by atoms with Crippen LogP contribution in [0, 0.1) is 22.0 Å². The molecule has 0 aliphatic rings. The van der Waals surface area contributed by atoms with Gasteiger partial charge in [-0.3, -0.25) is 0 Å². The van der Waals surface area contributed by atoms with Crippen LogP contribution in [0.3, 0.4) is 0 Å². The minimum absolute atomic E-state index is 0.139. The summed E-state index contributed by atoms with van der Waals surface area (Å²) in [6.07, 6.45) is 2.06. The van der Waals surface area contributed by atoms with Crippen LogP contribution in [0.5, 0.6) is 5.75 Å². The molecular weight excluding hydrogens is 627 g/mol. The second kappa shape index (κ2) is 8.67. The highest BCUT2D eigenvalue weighted by molar-refractivity contribution is 14.1. The summed E-state index contributed by atoms with van der Waals surface area (Å²) in [5.74, 6) is 0.908. The van der Waals surface area contributed by atoms with Crippen molar-refractivity contribution in [3.05, 3.63) is 58.2 Å². The number of benzene rings is 2. The quantitative estimate of drug-likeness (QED) is 0.222. The molecule has 0 spiro atoms. The summed E-state index contributed by atoms with van der Waals surface area (Å²) in [4.78, 5) is 0. The van der Waals surface area contributed by atoms with Crippen LogP contribution in [-0.4, -0.2) is 6.10 Å². The topological polar surface area (TPSA) is 33.0 Å². The predicted molar refractivity (Wildman–Crippen MR) is 120 cm³/mol. The summed E-state index contributed by atoms with van der Waals surface area (Å²) in [6.45, 7) is 4.04. The molecule has 0 bridgehead atoms. The third-order valence-electron chi connectivity index (χ3n) is 2.96. The van der Waals surface area contributed by atoms with Gasteiger partial charge in [0, 0.05) is 3.57 Å². The van der Waals surface area contributed by atoms with Crippen molar-refractivity contribution in [2.75, 3.05) is 0 Å². The van der Waals surface area contributed by atoms with Crippen molar-refractivity contribution in [3.63, 3.8) is 0 Å². The van der Waals surface area contributed by atoms with E-state index in [-0.39, 0.29) is 6.10 Å². The molecule has 2 aromatic carbocycles. The largest absolute Gasteiger partial charge is 0.489 e. The van der Waals surface area contributed by atoms with E-state index in [0.29, 0.717) is 5.57 Å². The van der Waals surface area contributed by atoms with Crippen molar-refractivity contribution in [2.24, 2.45) is 0 Å². The molecule has 0 saturated heterocycles. The van der Waals surface area contributed by atoms with Crippen LogP contribution in [0.25, 0.3) is 11.6 Å². The van der Waals surface area contributed by atoms with Gasteiger partial charge in [-0.2, -0.15) is 5.26 Å². The van der Waals surface area contributed by atoms with Gasteiger partial charge in [0.25, 0.3) is 0 Å². The molecule has 0 aliphatic carbocycles. The fourth-order valence-corrected chi connectivity index (χ4v) is 4.42. The van der Waals surface area contributed by atoms with Crippen LogP contribution < -0.4 is 4.74 Å². The van der Waals surface area contributed by atoms with Crippen molar-refractivity contribution in [2.45, 2.75) is 20.0 Å². The molecule has 0 heterocycles. The second-order valence-corrected chi connectivity index (χ2v) is 8.73. The van der Waals surface area contributed by atoms with Gasteiger partial charge in [-0.1, -0.05) is 12.1 Å². The highest BCUT2D eigenvalue weighted by Gasteiger charge is 2.10. The van der Waals surface area contributed by atoms with E-state index in [1.165, 1.54) is 0 Å². The molecule has 0 amide bonds. The zero-order chi connectivity index (χ0) is 17.0. The first-order chi connectivity index (χ1) is 10.9. The third kappa shape index (κ3) is 5.32. The second-order valence-electron chi connectivity index (χ2n) is 5.16. The molecule has 0 saturated carbocycles. The average molecular weight is 641 g/mol. The maximum Gasteiger partial charge on any atom is 0.146 e. The minimum atomic E-state index is 0.139. The first-order valence-corrected chi connectivity index (χ1v) is 10.2. The van der Waals surface area contributed by atoms with Crippen LogP contribution in [0.4, 0.5) is 0 Å². The molecule has 0 unspecified atom stereocenters. The monoisotopic (exact) mass is 641 g/mol. The molecule has 0 aliphatic heterocycles. The molecule has 118 valence electrons. The summed E-state index contributed by atoms with van der Waals surface area (Å²) in [5.41, 5.74) is 2.59. The number of hydrogen-bond donors (Lipinski definition) is 0. The van der Waals surface area contributed by atoms with E-state index in [1.54, 1.807) is 0 Å². The van der Waals surface area contributed by atoms with E-state index in [9.17, 15) is 5.26 Å². The number of nitrogens with zero attached hydrogens (tertiary/aromatic N) is 1. The lowest BCUT2D eigenvalue weighted by molar-refractivity contribution is 0.239. The lowest BCUT2D eigenvalue weighted by Gasteiger charge is -2.14. The van der Waals surface area contributed by atoms with E-state index in [1.807, 2.05) is 56.3 Å². The fraction of sp³-hybridized carbons (Fsp3) is 0.167. The molecule has 0 fully saturated rings. The fourth-order valence-electron chi connectivity index (χ4n) is 1.99. The Morgan fingerprint density at radius 2 is 1.65 bits per heavy atom. The Morgan fingerprint density at radius 1 is 1.09 bits per heavy atom. The lowest BCUT2D eigenvalue weighted by atomic mass is 10.0. The smallest absolute Gasteiger partial charge is 0.146 e. The minimum Gasteiger partial charge on any atom is -0.489 e. The van der Waals surface area contributed by atoms with E-state index < -0.39 is 0 Å².